The third-order valence-electron chi connectivity index (χ3n) is 3.57. The van der Waals surface area contributed by atoms with Gasteiger partial charge in [0.05, 0.1) is 0 Å². The maximum Gasteiger partial charge on any atom is 0.0235 e. The van der Waals surface area contributed by atoms with Gasteiger partial charge < -0.3 is 5.32 Å². The van der Waals surface area contributed by atoms with Crippen molar-refractivity contribution >= 4 is 0 Å². The van der Waals surface area contributed by atoms with Gasteiger partial charge in [-0.3, -0.25) is 4.90 Å². The molecule has 1 atom stereocenters. The van der Waals surface area contributed by atoms with Gasteiger partial charge in [-0.05, 0) is 45.3 Å². The lowest BCUT2D eigenvalue weighted by molar-refractivity contribution is 0.217. The van der Waals surface area contributed by atoms with Crippen molar-refractivity contribution in [1.29, 1.82) is 0 Å². The molecular weight excluding hydrogens is 208 g/mol. The van der Waals surface area contributed by atoms with E-state index < -0.39 is 0 Å². The maximum atomic E-state index is 3.67. The molecule has 94 valence electrons. The molecule has 1 aromatic carbocycles. The van der Waals surface area contributed by atoms with Gasteiger partial charge in [0, 0.05) is 18.6 Å². The Morgan fingerprint density at radius 2 is 2.06 bits per heavy atom. The molecule has 0 saturated carbocycles. The van der Waals surface area contributed by atoms with Gasteiger partial charge in [0.2, 0.25) is 0 Å². The van der Waals surface area contributed by atoms with Crippen molar-refractivity contribution in [2.24, 2.45) is 0 Å². The molecule has 1 unspecified atom stereocenters. The van der Waals surface area contributed by atoms with Gasteiger partial charge in [0.25, 0.3) is 0 Å². The summed E-state index contributed by atoms with van der Waals surface area (Å²) in [5, 5.41) is 3.67. The second-order valence-electron chi connectivity index (χ2n) is 5.28. The quantitative estimate of drug-likeness (QED) is 0.860. The van der Waals surface area contributed by atoms with E-state index in [1.807, 2.05) is 0 Å². The lowest BCUT2D eigenvalue weighted by Crippen LogP contribution is -2.41. The van der Waals surface area contributed by atoms with Gasteiger partial charge in [-0.25, -0.2) is 0 Å². The van der Waals surface area contributed by atoms with Gasteiger partial charge in [0.1, 0.15) is 0 Å². The van der Waals surface area contributed by atoms with Gasteiger partial charge in [-0.2, -0.15) is 0 Å². The van der Waals surface area contributed by atoms with Crippen LogP contribution in [0.15, 0.2) is 30.3 Å². The third kappa shape index (κ3) is 3.83. The number of benzene rings is 1. The minimum absolute atomic E-state index is 0.599. The van der Waals surface area contributed by atoms with Crippen molar-refractivity contribution in [1.82, 2.24) is 10.2 Å². The first-order valence-electron chi connectivity index (χ1n) is 6.77. The fourth-order valence-electron chi connectivity index (χ4n) is 2.53. The van der Waals surface area contributed by atoms with E-state index in [2.05, 4.69) is 54.4 Å². The highest BCUT2D eigenvalue weighted by Crippen LogP contribution is 2.10. The number of nitrogens with one attached hydrogen (secondary N) is 1. The average Bonchev–Trinajstić information content (AvgIpc) is 2.56. The topological polar surface area (TPSA) is 15.3 Å². The number of nitrogens with zero attached hydrogens (tertiary/aromatic N) is 1. The van der Waals surface area contributed by atoms with E-state index in [9.17, 15) is 0 Å². The van der Waals surface area contributed by atoms with Crippen LogP contribution in [0.2, 0.25) is 0 Å². The summed E-state index contributed by atoms with van der Waals surface area (Å²) < 4.78 is 0. The molecule has 0 spiro atoms. The number of rotatable bonds is 3. The summed E-state index contributed by atoms with van der Waals surface area (Å²) in [5.41, 5.74) is 1.44. The molecule has 0 aromatic heterocycles. The summed E-state index contributed by atoms with van der Waals surface area (Å²) in [6.07, 6.45) is 2.41. The van der Waals surface area contributed by atoms with E-state index in [0.29, 0.717) is 12.1 Å². The van der Waals surface area contributed by atoms with E-state index in [0.717, 1.165) is 13.0 Å². The summed E-state index contributed by atoms with van der Waals surface area (Å²) in [6, 6.07) is 12.1. The fraction of sp³-hybridized carbons (Fsp3) is 0.600. The molecule has 1 aliphatic rings. The summed E-state index contributed by atoms with van der Waals surface area (Å²) >= 11 is 0. The molecule has 0 bridgehead atoms. The Morgan fingerprint density at radius 1 is 1.29 bits per heavy atom. The van der Waals surface area contributed by atoms with Crippen molar-refractivity contribution in [2.45, 2.75) is 38.8 Å². The van der Waals surface area contributed by atoms with E-state index >= 15 is 0 Å². The zero-order chi connectivity index (χ0) is 12.1. The lowest BCUT2D eigenvalue weighted by Gasteiger charge is -2.27. The first-order chi connectivity index (χ1) is 8.25. The molecule has 0 aliphatic carbocycles. The molecule has 1 fully saturated rings. The number of hydrogen-bond donors (Lipinski definition) is 1. The Balaban J connectivity index is 1.95. The SMILES string of the molecule is CC(C)N1CCCNC(Cc2ccccc2)C1. The molecule has 17 heavy (non-hydrogen) atoms. The van der Waals surface area contributed by atoms with E-state index in [1.54, 1.807) is 0 Å². The van der Waals surface area contributed by atoms with Crippen LogP contribution in [0.5, 0.6) is 0 Å². The predicted octanol–water partition coefficient (Wildman–Crippen LogP) is 2.30. The van der Waals surface area contributed by atoms with Crippen molar-refractivity contribution in [3.63, 3.8) is 0 Å². The summed E-state index contributed by atoms with van der Waals surface area (Å²) in [7, 11) is 0. The second kappa shape index (κ2) is 6.18. The molecule has 2 heteroatoms. The van der Waals surface area contributed by atoms with Crippen molar-refractivity contribution in [3.05, 3.63) is 35.9 Å². The van der Waals surface area contributed by atoms with Crippen LogP contribution in [-0.4, -0.2) is 36.6 Å². The number of hydrogen-bond acceptors (Lipinski definition) is 2. The van der Waals surface area contributed by atoms with Gasteiger partial charge in [-0.15, -0.1) is 0 Å². The molecule has 0 amide bonds. The smallest absolute Gasteiger partial charge is 0.0235 e. The Kier molecular flexibility index (Phi) is 4.57. The van der Waals surface area contributed by atoms with E-state index in [-0.39, 0.29) is 0 Å². The van der Waals surface area contributed by atoms with Gasteiger partial charge >= 0.3 is 0 Å². The predicted molar refractivity (Wildman–Crippen MR) is 73.3 cm³/mol. The average molecular weight is 232 g/mol. The highest BCUT2D eigenvalue weighted by Gasteiger charge is 2.19. The van der Waals surface area contributed by atoms with Crippen LogP contribution in [0, 0.1) is 0 Å². The molecule has 1 N–H and O–H groups in total. The normalized spacial score (nSPS) is 22.6. The Bertz CT molecular complexity index is 321. The Labute approximate surface area is 105 Å². The minimum atomic E-state index is 0.599. The lowest BCUT2D eigenvalue weighted by atomic mass is 10.1. The zero-order valence-corrected chi connectivity index (χ0v) is 11.0. The zero-order valence-electron chi connectivity index (χ0n) is 11.0. The van der Waals surface area contributed by atoms with Crippen molar-refractivity contribution < 1.29 is 0 Å². The van der Waals surface area contributed by atoms with Crippen LogP contribution in [-0.2, 0) is 6.42 Å². The highest BCUT2D eigenvalue weighted by atomic mass is 15.2. The monoisotopic (exact) mass is 232 g/mol. The fourth-order valence-corrected chi connectivity index (χ4v) is 2.53. The second-order valence-corrected chi connectivity index (χ2v) is 5.28. The first kappa shape index (κ1) is 12.6. The molecular formula is C15H24N2. The van der Waals surface area contributed by atoms with Gasteiger partial charge in [0.15, 0.2) is 0 Å². The standard InChI is InChI=1S/C15H24N2/c1-13(2)17-10-6-9-16-15(12-17)11-14-7-4-3-5-8-14/h3-5,7-8,13,15-16H,6,9-12H2,1-2H3. The first-order valence-corrected chi connectivity index (χ1v) is 6.77. The molecule has 2 nitrogen and oxygen atoms in total. The van der Waals surface area contributed by atoms with Crippen molar-refractivity contribution in [3.8, 4) is 0 Å². The third-order valence-corrected chi connectivity index (χ3v) is 3.57. The van der Waals surface area contributed by atoms with Crippen LogP contribution in [0.3, 0.4) is 0 Å². The van der Waals surface area contributed by atoms with Crippen LogP contribution in [0.4, 0.5) is 0 Å². The van der Waals surface area contributed by atoms with E-state index in [4.69, 9.17) is 0 Å². The molecule has 2 rings (SSSR count). The Morgan fingerprint density at radius 3 is 2.76 bits per heavy atom. The molecule has 1 heterocycles. The van der Waals surface area contributed by atoms with Crippen LogP contribution >= 0.6 is 0 Å². The van der Waals surface area contributed by atoms with E-state index in [1.165, 1.54) is 25.1 Å². The summed E-state index contributed by atoms with van der Waals surface area (Å²) in [5.74, 6) is 0. The summed E-state index contributed by atoms with van der Waals surface area (Å²) in [6.45, 7) is 8.15. The highest BCUT2D eigenvalue weighted by molar-refractivity contribution is 5.16. The van der Waals surface area contributed by atoms with Crippen LogP contribution in [0.1, 0.15) is 25.8 Å². The van der Waals surface area contributed by atoms with Crippen LogP contribution < -0.4 is 5.32 Å². The summed E-state index contributed by atoms with van der Waals surface area (Å²) in [4.78, 5) is 2.59. The van der Waals surface area contributed by atoms with Gasteiger partial charge in [-0.1, -0.05) is 30.3 Å². The molecule has 0 radical (unpaired) electrons. The largest absolute Gasteiger partial charge is 0.312 e. The van der Waals surface area contributed by atoms with Crippen molar-refractivity contribution in [2.75, 3.05) is 19.6 Å². The minimum Gasteiger partial charge on any atom is -0.312 e. The molecule has 1 aliphatic heterocycles. The maximum absolute atomic E-state index is 3.67. The van der Waals surface area contributed by atoms with Crippen LogP contribution in [0.25, 0.3) is 0 Å². The molecule has 1 saturated heterocycles. The Hall–Kier alpha value is -0.860. The molecule has 1 aromatic rings.